The number of rotatable bonds is 5. The first kappa shape index (κ1) is 17.6. The third kappa shape index (κ3) is 4.46. The van der Waals surface area contributed by atoms with E-state index in [1.165, 1.54) is 0 Å². The molecule has 1 N–H and O–H groups in total. The third-order valence-electron chi connectivity index (χ3n) is 5.32. The quantitative estimate of drug-likeness (QED) is 0.877. The van der Waals surface area contributed by atoms with Crippen LogP contribution in [0.25, 0.3) is 0 Å². The van der Waals surface area contributed by atoms with Gasteiger partial charge in [0, 0.05) is 50.4 Å². The highest BCUT2D eigenvalue weighted by Crippen LogP contribution is 2.27. The van der Waals surface area contributed by atoms with Gasteiger partial charge in [-0.15, -0.1) is 0 Å². The van der Waals surface area contributed by atoms with Gasteiger partial charge < -0.3 is 14.9 Å². The van der Waals surface area contributed by atoms with Gasteiger partial charge in [-0.25, -0.2) is 4.98 Å². The molecule has 25 heavy (non-hydrogen) atoms. The van der Waals surface area contributed by atoms with Crippen molar-refractivity contribution in [2.24, 2.45) is 5.92 Å². The molecule has 0 radical (unpaired) electrons. The van der Waals surface area contributed by atoms with Gasteiger partial charge >= 0.3 is 5.97 Å². The van der Waals surface area contributed by atoms with Crippen molar-refractivity contribution in [2.75, 3.05) is 24.5 Å². The van der Waals surface area contributed by atoms with Crippen molar-refractivity contribution in [3.8, 4) is 0 Å². The normalized spacial score (nSPS) is 22.0. The average molecular weight is 346 g/mol. The van der Waals surface area contributed by atoms with Gasteiger partial charge in [-0.3, -0.25) is 14.6 Å². The fourth-order valence-corrected chi connectivity index (χ4v) is 3.93. The minimum Gasteiger partial charge on any atom is -0.481 e. The number of aromatic nitrogens is 2. The zero-order valence-electron chi connectivity index (χ0n) is 14.5. The van der Waals surface area contributed by atoms with Crippen molar-refractivity contribution in [1.29, 1.82) is 0 Å². The molecule has 1 atom stereocenters. The molecule has 2 saturated heterocycles. The summed E-state index contributed by atoms with van der Waals surface area (Å²) in [5.41, 5.74) is 0. The van der Waals surface area contributed by atoms with E-state index < -0.39 is 5.97 Å². The largest absolute Gasteiger partial charge is 0.481 e. The van der Waals surface area contributed by atoms with Crippen LogP contribution in [0, 0.1) is 5.92 Å². The minimum absolute atomic E-state index is 0.0401. The van der Waals surface area contributed by atoms with Crippen LogP contribution in [-0.2, 0) is 9.59 Å². The van der Waals surface area contributed by atoms with Gasteiger partial charge in [0.15, 0.2) is 0 Å². The Bertz CT molecular complexity index is 587. The lowest BCUT2D eigenvalue weighted by molar-refractivity contribution is -0.142. The monoisotopic (exact) mass is 346 g/mol. The minimum atomic E-state index is -0.782. The first-order valence-corrected chi connectivity index (χ1v) is 9.18. The number of anilines is 1. The lowest BCUT2D eigenvalue weighted by Crippen LogP contribution is -2.49. The number of carbonyl (C=O) groups is 2. The van der Waals surface area contributed by atoms with Crippen molar-refractivity contribution < 1.29 is 14.7 Å². The second-order valence-corrected chi connectivity index (χ2v) is 6.94. The molecular weight excluding hydrogens is 320 g/mol. The van der Waals surface area contributed by atoms with E-state index in [2.05, 4.69) is 14.9 Å². The van der Waals surface area contributed by atoms with Crippen molar-refractivity contribution >= 4 is 17.7 Å². The van der Waals surface area contributed by atoms with Gasteiger partial charge in [0.1, 0.15) is 5.82 Å². The molecule has 7 heteroatoms. The Morgan fingerprint density at radius 1 is 1.12 bits per heavy atom. The van der Waals surface area contributed by atoms with Crippen LogP contribution in [0.2, 0.25) is 0 Å². The average Bonchev–Trinajstić information content (AvgIpc) is 2.67. The number of carboxylic acids is 1. The maximum Gasteiger partial charge on any atom is 0.303 e. The third-order valence-corrected chi connectivity index (χ3v) is 5.32. The Morgan fingerprint density at radius 3 is 2.60 bits per heavy atom. The summed E-state index contributed by atoms with van der Waals surface area (Å²) in [6.07, 6.45) is 10.5. The molecule has 1 aromatic heterocycles. The van der Waals surface area contributed by atoms with Gasteiger partial charge in [-0.05, 0) is 38.5 Å². The van der Waals surface area contributed by atoms with Crippen LogP contribution in [0.3, 0.4) is 0 Å². The molecule has 2 aliphatic rings. The van der Waals surface area contributed by atoms with E-state index in [9.17, 15) is 9.59 Å². The van der Waals surface area contributed by atoms with Crippen LogP contribution in [0.4, 0.5) is 5.82 Å². The highest BCUT2D eigenvalue weighted by Gasteiger charge is 2.33. The second-order valence-electron chi connectivity index (χ2n) is 6.94. The van der Waals surface area contributed by atoms with E-state index in [1.54, 1.807) is 18.6 Å². The van der Waals surface area contributed by atoms with Crippen molar-refractivity contribution in [3.05, 3.63) is 18.6 Å². The topological polar surface area (TPSA) is 86.6 Å². The standard InChI is InChI=1S/C18H26N4O3/c23-17(24)5-4-15-3-1-2-10-22(15)18(25)14-6-11-21(12-7-14)16-13-19-8-9-20-16/h8-9,13-15H,1-7,10-12H2,(H,23,24). The SMILES string of the molecule is O=C(O)CCC1CCCCN1C(=O)C1CCN(c2cnccn2)CC1. The number of hydrogen-bond acceptors (Lipinski definition) is 5. The molecule has 0 spiro atoms. The molecule has 3 heterocycles. The highest BCUT2D eigenvalue weighted by molar-refractivity contribution is 5.79. The molecule has 0 bridgehead atoms. The van der Waals surface area contributed by atoms with Crippen LogP contribution in [0.1, 0.15) is 44.9 Å². The maximum atomic E-state index is 13.0. The Hall–Kier alpha value is -2.18. The van der Waals surface area contributed by atoms with Crippen LogP contribution in [-0.4, -0.2) is 57.5 Å². The molecule has 0 aromatic carbocycles. The molecule has 1 amide bonds. The molecular formula is C18H26N4O3. The zero-order valence-corrected chi connectivity index (χ0v) is 14.5. The lowest BCUT2D eigenvalue weighted by atomic mass is 9.91. The van der Waals surface area contributed by atoms with E-state index in [0.717, 1.165) is 57.6 Å². The van der Waals surface area contributed by atoms with Gasteiger partial charge in [0.05, 0.1) is 6.20 Å². The Morgan fingerprint density at radius 2 is 1.92 bits per heavy atom. The number of carbonyl (C=O) groups excluding carboxylic acids is 1. The van der Waals surface area contributed by atoms with Crippen LogP contribution in [0.5, 0.6) is 0 Å². The Kier molecular flexibility index (Phi) is 5.83. The summed E-state index contributed by atoms with van der Waals surface area (Å²) in [6, 6.07) is 0.0929. The molecule has 7 nitrogen and oxygen atoms in total. The summed E-state index contributed by atoms with van der Waals surface area (Å²) in [5.74, 6) is 0.341. The van der Waals surface area contributed by atoms with Gasteiger partial charge in [0.25, 0.3) is 0 Å². The number of piperidine rings is 2. The molecule has 1 aromatic rings. The number of nitrogens with zero attached hydrogens (tertiary/aromatic N) is 4. The smallest absolute Gasteiger partial charge is 0.303 e. The summed E-state index contributed by atoms with van der Waals surface area (Å²) in [7, 11) is 0. The lowest BCUT2D eigenvalue weighted by Gasteiger charge is -2.40. The zero-order chi connectivity index (χ0) is 17.6. The molecule has 1 unspecified atom stereocenters. The van der Waals surface area contributed by atoms with E-state index in [-0.39, 0.29) is 24.3 Å². The first-order chi connectivity index (χ1) is 12.1. The predicted octanol–water partition coefficient (Wildman–Crippen LogP) is 1.94. The van der Waals surface area contributed by atoms with Crippen LogP contribution >= 0.6 is 0 Å². The summed E-state index contributed by atoms with van der Waals surface area (Å²) in [6.45, 7) is 2.39. The number of likely N-dealkylation sites (tertiary alicyclic amines) is 1. The molecule has 2 aliphatic heterocycles. The predicted molar refractivity (Wildman–Crippen MR) is 93.2 cm³/mol. The molecule has 136 valence electrons. The summed E-state index contributed by atoms with van der Waals surface area (Å²) >= 11 is 0. The van der Waals surface area contributed by atoms with E-state index in [1.807, 2.05) is 4.90 Å². The Balaban J connectivity index is 1.56. The van der Waals surface area contributed by atoms with Gasteiger partial charge in [0.2, 0.25) is 5.91 Å². The second kappa shape index (κ2) is 8.27. The van der Waals surface area contributed by atoms with Gasteiger partial charge in [-0.1, -0.05) is 0 Å². The first-order valence-electron chi connectivity index (χ1n) is 9.18. The molecule has 3 rings (SSSR count). The number of aliphatic carboxylic acids is 1. The van der Waals surface area contributed by atoms with E-state index in [4.69, 9.17) is 5.11 Å². The van der Waals surface area contributed by atoms with Crippen molar-refractivity contribution in [1.82, 2.24) is 14.9 Å². The fourth-order valence-electron chi connectivity index (χ4n) is 3.93. The van der Waals surface area contributed by atoms with E-state index in [0.29, 0.717) is 6.42 Å². The van der Waals surface area contributed by atoms with E-state index >= 15 is 0 Å². The Labute approximate surface area is 148 Å². The fraction of sp³-hybridized carbons (Fsp3) is 0.667. The van der Waals surface area contributed by atoms with Crippen molar-refractivity contribution in [2.45, 2.75) is 51.0 Å². The number of carboxylic acid groups (broad SMARTS) is 1. The highest BCUT2D eigenvalue weighted by atomic mass is 16.4. The molecule has 0 saturated carbocycles. The van der Waals surface area contributed by atoms with Crippen LogP contribution in [0.15, 0.2) is 18.6 Å². The summed E-state index contributed by atoms with van der Waals surface area (Å²) in [4.78, 5) is 36.4. The van der Waals surface area contributed by atoms with Crippen LogP contribution < -0.4 is 4.90 Å². The molecule has 0 aliphatic carbocycles. The molecule has 2 fully saturated rings. The van der Waals surface area contributed by atoms with Gasteiger partial charge in [-0.2, -0.15) is 0 Å². The van der Waals surface area contributed by atoms with Crippen molar-refractivity contribution in [3.63, 3.8) is 0 Å². The summed E-state index contributed by atoms with van der Waals surface area (Å²) in [5, 5.41) is 8.94. The number of amides is 1. The maximum absolute atomic E-state index is 13.0. The summed E-state index contributed by atoms with van der Waals surface area (Å²) < 4.78 is 0. The number of hydrogen-bond donors (Lipinski definition) is 1.